The SMILES string of the molecule is CNC[C@H](C)CCCCCC(=O)CC(=O)/C=C/c1cc(CCO)c(O)c(OC)c1. The molecule has 0 heterocycles. The van der Waals surface area contributed by atoms with E-state index in [1.54, 1.807) is 18.2 Å². The van der Waals surface area contributed by atoms with Crippen LogP contribution in [0.2, 0.25) is 0 Å². The number of allylic oxidation sites excluding steroid dienone is 1. The summed E-state index contributed by atoms with van der Waals surface area (Å²) in [4.78, 5) is 24.1. The average Bonchev–Trinajstić information content (AvgIpc) is 2.68. The third-order valence-electron chi connectivity index (χ3n) is 4.82. The van der Waals surface area contributed by atoms with Crippen molar-refractivity contribution < 1.29 is 24.5 Å². The lowest BCUT2D eigenvalue weighted by atomic mass is 10.0. The number of aliphatic hydroxyl groups is 1. The first kappa shape index (κ1) is 24.9. The van der Waals surface area contributed by atoms with Crippen LogP contribution in [0.1, 0.15) is 56.6 Å². The number of methoxy groups -OCH3 is 1. The van der Waals surface area contributed by atoms with Gasteiger partial charge in [-0.25, -0.2) is 0 Å². The summed E-state index contributed by atoms with van der Waals surface area (Å²) in [7, 11) is 3.39. The van der Waals surface area contributed by atoms with Crippen LogP contribution >= 0.6 is 0 Å². The maximum atomic E-state index is 12.1. The highest BCUT2D eigenvalue weighted by molar-refractivity contribution is 6.06. The van der Waals surface area contributed by atoms with Crippen molar-refractivity contribution in [2.45, 2.75) is 51.9 Å². The average molecular weight is 406 g/mol. The highest BCUT2D eigenvalue weighted by Gasteiger charge is 2.11. The third-order valence-corrected chi connectivity index (χ3v) is 4.82. The molecule has 0 unspecified atom stereocenters. The van der Waals surface area contributed by atoms with Gasteiger partial charge in [-0.1, -0.05) is 25.8 Å². The number of aliphatic hydroxyl groups excluding tert-OH is 1. The largest absolute Gasteiger partial charge is 0.504 e. The number of rotatable bonds is 15. The summed E-state index contributed by atoms with van der Waals surface area (Å²) < 4.78 is 5.13. The fourth-order valence-corrected chi connectivity index (χ4v) is 3.23. The van der Waals surface area contributed by atoms with E-state index in [2.05, 4.69) is 12.2 Å². The van der Waals surface area contributed by atoms with Crippen LogP contribution in [-0.2, 0) is 16.0 Å². The quantitative estimate of drug-likeness (QED) is 0.235. The summed E-state index contributed by atoms with van der Waals surface area (Å²) in [6, 6.07) is 3.30. The molecule has 0 radical (unpaired) electrons. The van der Waals surface area contributed by atoms with Gasteiger partial charge in [0, 0.05) is 18.6 Å². The highest BCUT2D eigenvalue weighted by Crippen LogP contribution is 2.32. The Bertz CT molecular complexity index is 684. The Labute approximate surface area is 174 Å². The first-order valence-corrected chi connectivity index (χ1v) is 10.3. The predicted octanol–water partition coefficient (Wildman–Crippen LogP) is 3.28. The summed E-state index contributed by atoms with van der Waals surface area (Å²) >= 11 is 0. The Morgan fingerprint density at radius 1 is 1.24 bits per heavy atom. The summed E-state index contributed by atoms with van der Waals surface area (Å²) in [6.45, 7) is 3.11. The van der Waals surface area contributed by atoms with Gasteiger partial charge in [0.25, 0.3) is 0 Å². The zero-order valence-electron chi connectivity index (χ0n) is 17.9. The lowest BCUT2D eigenvalue weighted by molar-refractivity contribution is -0.124. The second kappa shape index (κ2) is 13.9. The zero-order chi connectivity index (χ0) is 21.6. The Morgan fingerprint density at radius 2 is 2.00 bits per heavy atom. The van der Waals surface area contributed by atoms with Crippen LogP contribution in [0.25, 0.3) is 6.08 Å². The van der Waals surface area contributed by atoms with Crippen molar-refractivity contribution in [1.29, 1.82) is 0 Å². The van der Waals surface area contributed by atoms with Gasteiger partial charge in [-0.3, -0.25) is 9.59 Å². The van der Waals surface area contributed by atoms with Gasteiger partial charge in [-0.15, -0.1) is 0 Å². The van der Waals surface area contributed by atoms with E-state index in [0.717, 1.165) is 32.2 Å². The van der Waals surface area contributed by atoms with Crippen molar-refractivity contribution in [3.8, 4) is 11.5 Å². The van der Waals surface area contributed by atoms with E-state index in [0.29, 0.717) is 23.5 Å². The minimum atomic E-state index is -0.242. The van der Waals surface area contributed by atoms with Gasteiger partial charge in [0.2, 0.25) is 0 Å². The van der Waals surface area contributed by atoms with Crippen molar-refractivity contribution >= 4 is 17.6 Å². The number of carbonyl (C=O) groups excluding carboxylic acids is 2. The number of ketones is 2. The molecule has 0 fully saturated rings. The predicted molar refractivity (Wildman–Crippen MR) is 115 cm³/mol. The van der Waals surface area contributed by atoms with Crippen molar-refractivity contribution in [1.82, 2.24) is 5.32 Å². The second-order valence-electron chi connectivity index (χ2n) is 7.48. The molecule has 1 aromatic carbocycles. The normalized spacial score (nSPS) is 12.3. The maximum Gasteiger partial charge on any atom is 0.163 e. The first-order chi connectivity index (χ1) is 13.9. The lowest BCUT2D eigenvalue weighted by Crippen LogP contribution is -2.15. The van der Waals surface area contributed by atoms with Gasteiger partial charge in [-0.2, -0.15) is 0 Å². The molecule has 162 valence electrons. The number of nitrogens with one attached hydrogen (secondary N) is 1. The molecule has 0 spiro atoms. The number of ether oxygens (including phenoxy) is 1. The van der Waals surface area contributed by atoms with Crippen LogP contribution < -0.4 is 10.1 Å². The van der Waals surface area contributed by atoms with Crippen LogP contribution in [0.3, 0.4) is 0 Å². The van der Waals surface area contributed by atoms with Gasteiger partial charge in [0.15, 0.2) is 17.3 Å². The molecule has 6 heteroatoms. The van der Waals surface area contributed by atoms with Gasteiger partial charge in [0.1, 0.15) is 5.78 Å². The van der Waals surface area contributed by atoms with Crippen LogP contribution in [0.5, 0.6) is 11.5 Å². The Morgan fingerprint density at radius 3 is 2.66 bits per heavy atom. The fourth-order valence-electron chi connectivity index (χ4n) is 3.23. The molecule has 0 amide bonds. The number of phenols is 1. The molecule has 0 aliphatic heterocycles. The van der Waals surface area contributed by atoms with E-state index in [-0.39, 0.29) is 42.5 Å². The lowest BCUT2D eigenvalue weighted by Gasteiger charge is -2.10. The molecule has 3 N–H and O–H groups in total. The van der Waals surface area contributed by atoms with E-state index >= 15 is 0 Å². The Hall–Kier alpha value is -2.18. The zero-order valence-corrected chi connectivity index (χ0v) is 17.9. The highest BCUT2D eigenvalue weighted by atomic mass is 16.5. The summed E-state index contributed by atoms with van der Waals surface area (Å²) in [5.41, 5.74) is 1.21. The van der Waals surface area contributed by atoms with E-state index in [4.69, 9.17) is 9.84 Å². The molecule has 29 heavy (non-hydrogen) atoms. The van der Waals surface area contributed by atoms with E-state index in [1.165, 1.54) is 13.2 Å². The monoisotopic (exact) mass is 405 g/mol. The first-order valence-electron chi connectivity index (χ1n) is 10.3. The fraction of sp³-hybridized carbons (Fsp3) is 0.565. The molecule has 1 rings (SSSR count). The number of benzene rings is 1. The molecule has 1 aromatic rings. The molecule has 0 aliphatic rings. The van der Waals surface area contributed by atoms with Crippen LogP contribution in [0, 0.1) is 5.92 Å². The molecule has 0 saturated heterocycles. The number of hydrogen-bond acceptors (Lipinski definition) is 6. The second-order valence-corrected chi connectivity index (χ2v) is 7.48. The molecule has 6 nitrogen and oxygen atoms in total. The number of hydrogen-bond donors (Lipinski definition) is 3. The van der Waals surface area contributed by atoms with Crippen molar-refractivity contribution in [2.75, 3.05) is 27.3 Å². The molecule has 0 aliphatic carbocycles. The van der Waals surface area contributed by atoms with E-state index < -0.39 is 0 Å². The number of Topliss-reactive ketones (excluding diaryl/α,β-unsaturated/α-hetero) is 1. The van der Waals surface area contributed by atoms with Crippen molar-refractivity contribution in [3.63, 3.8) is 0 Å². The van der Waals surface area contributed by atoms with Crippen molar-refractivity contribution in [3.05, 3.63) is 29.3 Å². The Kier molecular flexibility index (Phi) is 11.9. The molecular weight excluding hydrogens is 370 g/mol. The van der Waals surface area contributed by atoms with Crippen LogP contribution in [0.4, 0.5) is 0 Å². The van der Waals surface area contributed by atoms with Crippen molar-refractivity contribution in [2.24, 2.45) is 5.92 Å². The number of carbonyl (C=O) groups is 2. The number of unbranched alkanes of at least 4 members (excludes halogenated alkanes) is 2. The smallest absolute Gasteiger partial charge is 0.163 e. The molecule has 1 atom stereocenters. The molecule has 0 bridgehead atoms. The summed E-state index contributed by atoms with van der Waals surface area (Å²) in [6.07, 6.45) is 7.68. The molecule has 0 aromatic heterocycles. The Balaban J connectivity index is 2.46. The number of aromatic hydroxyl groups is 1. The standard InChI is InChI=1S/C23H35NO5/c1-17(16-24-2)7-5-4-6-8-20(26)15-21(27)10-9-18-13-19(11-12-25)23(28)22(14-18)29-3/h9-10,13-14,17,24-25,28H,4-8,11-12,15-16H2,1-3H3/b10-9+/t17-/m1/s1. The van der Waals surface area contributed by atoms with Gasteiger partial charge >= 0.3 is 0 Å². The van der Waals surface area contributed by atoms with E-state index in [1.807, 2.05) is 7.05 Å². The molecule has 0 saturated carbocycles. The van der Waals surface area contributed by atoms with Gasteiger partial charge in [-0.05, 0) is 62.5 Å². The number of phenolic OH excluding ortho intramolecular Hbond substituents is 1. The van der Waals surface area contributed by atoms with Crippen LogP contribution in [-0.4, -0.2) is 49.1 Å². The van der Waals surface area contributed by atoms with E-state index in [9.17, 15) is 14.7 Å². The maximum absolute atomic E-state index is 12.1. The molecular formula is C23H35NO5. The summed E-state index contributed by atoms with van der Waals surface area (Å²) in [5.74, 6) is 0.628. The van der Waals surface area contributed by atoms with Gasteiger partial charge < -0.3 is 20.3 Å². The minimum Gasteiger partial charge on any atom is -0.504 e. The minimum absolute atomic E-state index is 0.0134. The third kappa shape index (κ3) is 9.72. The summed E-state index contributed by atoms with van der Waals surface area (Å²) in [5, 5.41) is 22.3. The van der Waals surface area contributed by atoms with Crippen LogP contribution in [0.15, 0.2) is 18.2 Å². The van der Waals surface area contributed by atoms with Gasteiger partial charge in [0.05, 0.1) is 13.5 Å². The topological polar surface area (TPSA) is 95.9 Å².